The van der Waals surface area contributed by atoms with Crippen LogP contribution in [-0.4, -0.2) is 109 Å². The maximum Gasteiger partial charge on any atom is 0.238 e. The van der Waals surface area contributed by atoms with Gasteiger partial charge in [0.25, 0.3) is 0 Å². The summed E-state index contributed by atoms with van der Waals surface area (Å²) in [6.07, 6.45) is 3.68. The lowest BCUT2D eigenvalue weighted by atomic mass is 9.97. The molecule has 14 N–H and O–H groups in total. The Morgan fingerprint density at radius 3 is 1.80 bits per heavy atom. The Bertz CT molecular complexity index is 874. The van der Waals surface area contributed by atoms with E-state index in [1.807, 2.05) is 18.7 Å². The second-order valence-corrected chi connectivity index (χ2v) is 10.2. The second-order valence-electron chi connectivity index (χ2n) is 10.2. The molecule has 0 saturated carbocycles. The number of aliphatic imine (C=N–C) groups is 2. The summed E-state index contributed by atoms with van der Waals surface area (Å²) in [7, 11) is 0. The number of carbonyl (C=O) groups is 4. The molecule has 2 unspecified atom stereocenters. The largest absolute Gasteiger partial charge is 0.370 e. The van der Waals surface area contributed by atoms with Crippen molar-refractivity contribution in [3.8, 4) is 0 Å². The highest BCUT2D eigenvalue weighted by Crippen LogP contribution is 2.22. The zero-order valence-electron chi connectivity index (χ0n) is 24.4. The van der Waals surface area contributed by atoms with E-state index >= 15 is 0 Å². The highest BCUT2D eigenvalue weighted by molar-refractivity contribution is 5.83. The SMILES string of the molecule is CCC(CC(C)C(=O)N(CCCNC(=O)[C@H](N)CN=C(N)N)CCCNC(=O)[C@@H](N)CN=C(N)N)N1CCCC1=O. The van der Waals surface area contributed by atoms with Gasteiger partial charge in [-0.3, -0.25) is 29.2 Å². The van der Waals surface area contributed by atoms with Crippen molar-refractivity contribution in [2.45, 2.75) is 70.5 Å². The topological polar surface area (TPSA) is 280 Å². The maximum atomic E-state index is 13.5. The molecule has 4 amide bonds. The molecule has 41 heavy (non-hydrogen) atoms. The van der Waals surface area contributed by atoms with Crippen LogP contribution in [0.25, 0.3) is 0 Å². The van der Waals surface area contributed by atoms with Crippen LogP contribution in [0, 0.1) is 5.92 Å². The minimum atomic E-state index is -0.893. The second kappa shape index (κ2) is 18.6. The van der Waals surface area contributed by atoms with Gasteiger partial charge in [0.2, 0.25) is 23.6 Å². The van der Waals surface area contributed by atoms with Crippen molar-refractivity contribution in [2.75, 3.05) is 45.8 Å². The van der Waals surface area contributed by atoms with E-state index in [0.717, 1.165) is 19.4 Å². The number of hydrogen-bond acceptors (Lipinski definition) is 8. The predicted octanol–water partition coefficient (Wildman–Crippen LogP) is -3.54. The van der Waals surface area contributed by atoms with Gasteiger partial charge >= 0.3 is 0 Å². The molecule has 4 atom stereocenters. The van der Waals surface area contributed by atoms with Gasteiger partial charge in [-0.15, -0.1) is 0 Å². The number of carbonyl (C=O) groups excluding carboxylic acids is 4. The first-order valence-electron chi connectivity index (χ1n) is 14.1. The molecule has 1 aliphatic heterocycles. The Balaban J connectivity index is 2.72. The molecule has 0 aromatic heterocycles. The molecule has 1 aliphatic rings. The van der Waals surface area contributed by atoms with E-state index in [1.54, 1.807) is 4.90 Å². The third-order valence-electron chi connectivity index (χ3n) is 6.80. The number of guanidine groups is 2. The zero-order chi connectivity index (χ0) is 30.9. The lowest BCUT2D eigenvalue weighted by molar-refractivity contribution is -0.137. The third kappa shape index (κ3) is 13.5. The number of amides is 4. The third-order valence-corrected chi connectivity index (χ3v) is 6.80. The van der Waals surface area contributed by atoms with E-state index < -0.39 is 23.9 Å². The molecule has 0 aromatic carbocycles. The molecule has 1 saturated heterocycles. The molecule has 1 rings (SSSR count). The van der Waals surface area contributed by atoms with Crippen LogP contribution in [0.5, 0.6) is 0 Å². The summed E-state index contributed by atoms with van der Waals surface area (Å²) in [4.78, 5) is 61.2. The highest BCUT2D eigenvalue weighted by Gasteiger charge is 2.30. The van der Waals surface area contributed by atoms with Crippen molar-refractivity contribution in [1.82, 2.24) is 20.4 Å². The molecule has 1 heterocycles. The highest BCUT2D eigenvalue weighted by atomic mass is 16.2. The smallest absolute Gasteiger partial charge is 0.238 e. The summed E-state index contributed by atoms with van der Waals surface area (Å²) in [5, 5.41) is 5.46. The molecule has 0 spiro atoms. The fourth-order valence-corrected chi connectivity index (χ4v) is 4.52. The average molecular weight is 583 g/mol. The van der Waals surface area contributed by atoms with E-state index in [0.29, 0.717) is 51.9 Å². The normalized spacial score (nSPS) is 15.8. The van der Waals surface area contributed by atoms with Gasteiger partial charge in [-0.05, 0) is 32.1 Å². The van der Waals surface area contributed by atoms with E-state index in [-0.39, 0.29) is 48.8 Å². The van der Waals surface area contributed by atoms with Gasteiger partial charge < -0.3 is 54.8 Å². The van der Waals surface area contributed by atoms with Crippen molar-refractivity contribution in [2.24, 2.45) is 50.3 Å². The first-order valence-corrected chi connectivity index (χ1v) is 14.1. The number of nitrogens with two attached hydrogens (primary N) is 6. The van der Waals surface area contributed by atoms with Crippen LogP contribution in [0.2, 0.25) is 0 Å². The summed E-state index contributed by atoms with van der Waals surface area (Å²) in [5.74, 6) is -1.34. The summed E-state index contributed by atoms with van der Waals surface area (Å²) in [6.45, 7) is 5.89. The van der Waals surface area contributed by atoms with Gasteiger partial charge in [0.1, 0.15) is 12.1 Å². The van der Waals surface area contributed by atoms with Crippen LogP contribution in [0.15, 0.2) is 9.98 Å². The van der Waals surface area contributed by atoms with E-state index in [2.05, 4.69) is 20.6 Å². The van der Waals surface area contributed by atoms with Crippen LogP contribution in [0.3, 0.4) is 0 Å². The lowest BCUT2D eigenvalue weighted by Crippen LogP contribution is -2.46. The van der Waals surface area contributed by atoms with E-state index in [4.69, 9.17) is 34.4 Å². The lowest BCUT2D eigenvalue weighted by Gasteiger charge is -2.31. The van der Waals surface area contributed by atoms with Crippen LogP contribution in [0.4, 0.5) is 0 Å². The Kier molecular flexibility index (Phi) is 16.1. The van der Waals surface area contributed by atoms with Crippen molar-refractivity contribution in [3.63, 3.8) is 0 Å². The standard InChI is InChI=1S/C25H50N12O4/c1-3-17(37-12-4-7-20(37)38)13-16(2)23(41)36(10-5-8-32-21(39)18(26)14-34-24(28)29)11-6-9-33-22(40)19(27)15-35-25(30)31/h16-19H,3-15,26-27H2,1-2H3,(H,32,39)(H,33,40)(H4,28,29,34)(H4,30,31,35)/t16?,17?,18-,19+. The van der Waals surface area contributed by atoms with Crippen molar-refractivity contribution in [3.05, 3.63) is 0 Å². The number of hydrogen-bond donors (Lipinski definition) is 8. The summed E-state index contributed by atoms with van der Waals surface area (Å²) in [5.41, 5.74) is 32.7. The fourth-order valence-electron chi connectivity index (χ4n) is 4.52. The average Bonchev–Trinajstić information content (AvgIpc) is 3.36. The monoisotopic (exact) mass is 582 g/mol. The number of rotatable bonds is 19. The number of nitrogens with one attached hydrogen (secondary N) is 2. The van der Waals surface area contributed by atoms with Gasteiger partial charge in [0.05, 0.1) is 13.1 Å². The summed E-state index contributed by atoms with van der Waals surface area (Å²) < 4.78 is 0. The number of nitrogens with zero attached hydrogens (tertiary/aromatic N) is 4. The van der Waals surface area contributed by atoms with Crippen LogP contribution in [0.1, 0.15) is 52.4 Å². The van der Waals surface area contributed by atoms with Gasteiger partial charge in [0, 0.05) is 51.1 Å². The molecule has 0 bridgehead atoms. The first-order chi connectivity index (χ1) is 19.4. The molecule has 0 aromatic rings. The van der Waals surface area contributed by atoms with Gasteiger partial charge in [-0.1, -0.05) is 13.8 Å². The molecular formula is C25H50N12O4. The molecule has 1 fully saturated rings. The van der Waals surface area contributed by atoms with Crippen LogP contribution in [-0.2, 0) is 19.2 Å². The Morgan fingerprint density at radius 1 is 0.927 bits per heavy atom. The van der Waals surface area contributed by atoms with Gasteiger partial charge in [0.15, 0.2) is 11.9 Å². The minimum Gasteiger partial charge on any atom is -0.370 e. The van der Waals surface area contributed by atoms with Crippen LogP contribution >= 0.6 is 0 Å². The zero-order valence-corrected chi connectivity index (χ0v) is 24.4. The molecule has 0 aliphatic carbocycles. The predicted molar refractivity (Wildman–Crippen MR) is 158 cm³/mol. The Morgan fingerprint density at radius 2 is 1.41 bits per heavy atom. The summed E-state index contributed by atoms with van der Waals surface area (Å²) >= 11 is 0. The van der Waals surface area contributed by atoms with Gasteiger partial charge in [-0.2, -0.15) is 0 Å². The minimum absolute atomic E-state index is 0.00258. The van der Waals surface area contributed by atoms with Gasteiger partial charge in [-0.25, -0.2) is 0 Å². The Hall–Kier alpha value is -3.66. The molecule has 16 heteroatoms. The van der Waals surface area contributed by atoms with Crippen molar-refractivity contribution in [1.29, 1.82) is 0 Å². The van der Waals surface area contributed by atoms with Crippen molar-refractivity contribution >= 4 is 35.5 Å². The van der Waals surface area contributed by atoms with Crippen LogP contribution < -0.4 is 45.0 Å². The number of likely N-dealkylation sites (tertiary alicyclic amines) is 1. The van der Waals surface area contributed by atoms with E-state index in [9.17, 15) is 19.2 Å². The summed E-state index contributed by atoms with van der Waals surface area (Å²) in [6, 6.07) is -1.78. The quantitative estimate of drug-likeness (QED) is 0.0421. The first kappa shape index (κ1) is 35.4. The molecule has 0 radical (unpaired) electrons. The molecular weight excluding hydrogens is 532 g/mol. The molecule has 16 nitrogen and oxygen atoms in total. The Labute approximate surface area is 242 Å². The van der Waals surface area contributed by atoms with E-state index in [1.165, 1.54) is 0 Å². The fraction of sp³-hybridized carbons (Fsp3) is 0.760. The van der Waals surface area contributed by atoms with Crippen molar-refractivity contribution < 1.29 is 19.2 Å². The molecule has 234 valence electrons. The maximum absolute atomic E-state index is 13.5.